The van der Waals surface area contributed by atoms with Gasteiger partial charge >= 0.3 is 0 Å². The summed E-state index contributed by atoms with van der Waals surface area (Å²) in [5.41, 5.74) is 1.01. The number of amides is 3. The van der Waals surface area contributed by atoms with E-state index >= 15 is 0 Å². The standard InChI is InChI=1S/C26H36N4O3/c1-27-17-19-30(20-18-27)26(33)23-11-15-29(16-12-23)25(32)22-9-13-28(14-10-22)24(31)8-7-21-5-3-2-4-6-21/h2-8,22-23H,9-20H2,1H3. The lowest BCUT2D eigenvalue weighted by molar-refractivity contribution is -0.144. The molecule has 0 N–H and O–H groups in total. The number of nitrogens with zero attached hydrogens (tertiary/aromatic N) is 4. The zero-order chi connectivity index (χ0) is 23.2. The number of hydrogen-bond acceptors (Lipinski definition) is 4. The molecule has 3 heterocycles. The topological polar surface area (TPSA) is 64.2 Å². The summed E-state index contributed by atoms with van der Waals surface area (Å²) in [6.45, 7) is 6.07. The Bertz CT molecular complexity index is 848. The lowest BCUT2D eigenvalue weighted by Gasteiger charge is -2.39. The van der Waals surface area contributed by atoms with E-state index in [9.17, 15) is 14.4 Å². The molecule has 0 radical (unpaired) electrons. The van der Waals surface area contributed by atoms with Crippen LogP contribution in [0.2, 0.25) is 0 Å². The molecule has 0 atom stereocenters. The van der Waals surface area contributed by atoms with Crippen molar-refractivity contribution in [3.63, 3.8) is 0 Å². The molecule has 4 rings (SSSR count). The predicted molar refractivity (Wildman–Crippen MR) is 128 cm³/mol. The molecule has 3 saturated heterocycles. The lowest BCUT2D eigenvalue weighted by Crippen LogP contribution is -2.51. The normalized spacial score (nSPS) is 21.5. The Balaban J connectivity index is 1.20. The van der Waals surface area contributed by atoms with E-state index in [0.29, 0.717) is 39.0 Å². The number of carbonyl (C=O) groups is 3. The van der Waals surface area contributed by atoms with Crippen molar-refractivity contribution in [1.82, 2.24) is 19.6 Å². The van der Waals surface area contributed by atoms with Crippen molar-refractivity contribution in [3.8, 4) is 0 Å². The van der Waals surface area contributed by atoms with E-state index in [-0.39, 0.29) is 29.6 Å². The van der Waals surface area contributed by atoms with Crippen LogP contribution in [0.25, 0.3) is 6.08 Å². The van der Waals surface area contributed by atoms with E-state index in [1.807, 2.05) is 51.1 Å². The van der Waals surface area contributed by atoms with Gasteiger partial charge in [-0.25, -0.2) is 0 Å². The Labute approximate surface area is 197 Å². The number of likely N-dealkylation sites (tertiary alicyclic amines) is 2. The average Bonchev–Trinajstić information content (AvgIpc) is 2.87. The summed E-state index contributed by atoms with van der Waals surface area (Å²) in [5.74, 6) is 0.511. The van der Waals surface area contributed by atoms with Gasteiger partial charge in [-0.1, -0.05) is 30.3 Å². The maximum Gasteiger partial charge on any atom is 0.246 e. The second kappa shape index (κ2) is 11.0. The minimum absolute atomic E-state index is 0.00739. The first-order valence-electron chi connectivity index (χ1n) is 12.3. The van der Waals surface area contributed by atoms with E-state index in [1.165, 1.54) is 0 Å². The third-order valence-electron chi connectivity index (χ3n) is 7.34. The number of rotatable bonds is 4. The third kappa shape index (κ3) is 6.02. The fourth-order valence-electron chi connectivity index (χ4n) is 5.07. The summed E-state index contributed by atoms with van der Waals surface area (Å²) >= 11 is 0. The highest BCUT2D eigenvalue weighted by Crippen LogP contribution is 2.25. The van der Waals surface area contributed by atoms with Crippen molar-refractivity contribution < 1.29 is 14.4 Å². The summed E-state index contributed by atoms with van der Waals surface area (Å²) < 4.78 is 0. The molecule has 0 aliphatic carbocycles. The zero-order valence-electron chi connectivity index (χ0n) is 19.7. The number of piperidine rings is 2. The summed E-state index contributed by atoms with van der Waals surface area (Å²) in [4.78, 5) is 46.5. The van der Waals surface area contributed by atoms with Gasteiger partial charge in [-0.15, -0.1) is 0 Å². The molecule has 1 aromatic rings. The van der Waals surface area contributed by atoms with E-state index in [1.54, 1.807) is 6.08 Å². The Morgan fingerprint density at radius 1 is 0.697 bits per heavy atom. The van der Waals surface area contributed by atoms with Gasteiger partial charge in [-0.3, -0.25) is 14.4 Å². The predicted octanol–water partition coefficient (Wildman–Crippen LogP) is 1.95. The number of piperazine rings is 1. The van der Waals surface area contributed by atoms with Gasteiger partial charge < -0.3 is 19.6 Å². The van der Waals surface area contributed by atoms with Gasteiger partial charge in [-0.05, 0) is 44.4 Å². The van der Waals surface area contributed by atoms with E-state index in [4.69, 9.17) is 0 Å². The molecule has 0 spiro atoms. The van der Waals surface area contributed by atoms with Crippen molar-refractivity contribution >= 4 is 23.8 Å². The first-order valence-corrected chi connectivity index (χ1v) is 12.3. The van der Waals surface area contributed by atoms with E-state index in [0.717, 1.165) is 44.6 Å². The molecule has 0 unspecified atom stereocenters. The molecule has 7 nitrogen and oxygen atoms in total. The van der Waals surface area contributed by atoms with Gasteiger partial charge in [0.05, 0.1) is 0 Å². The number of carbonyl (C=O) groups excluding carboxylic acids is 3. The Morgan fingerprint density at radius 3 is 1.73 bits per heavy atom. The molecular weight excluding hydrogens is 416 g/mol. The molecule has 1 aromatic carbocycles. The average molecular weight is 453 g/mol. The van der Waals surface area contributed by atoms with Gasteiger partial charge in [0.2, 0.25) is 17.7 Å². The van der Waals surface area contributed by atoms with Crippen LogP contribution in [0.4, 0.5) is 0 Å². The molecule has 0 saturated carbocycles. The summed E-state index contributed by atoms with van der Waals surface area (Å²) in [6.07, 6.45) is 6.41. The van der Waals surface area contributed by atoms with Crippen LogP contribution >= 0.6 is 0 Å². The van der Waals surface area contributed by atoms with Crippen LogP contribution < -0.4 is 0 Å². The highest BCUT2D eigenvalue weighted by Gasteiger charge is 2.34. The monoisotopic (exact) mass is 452 g/mol. The van der Waals surface area contributed by atoms with Gasteiger partial charge in [-0.2, -0.15) is 0 Å². The van der Waals surface area contributed by atoms with Crippen LogP contribution in [-0.4, -0.2) is 96.7 Å². The van der Waals surface area contributed by atoms with Crippen molar-refractivity contribution in [2.75, 3.05) is 59.4 Å². The first kappa shape index (κ1) is 23.5. The van der Waals surface area contributed by atoms with Crippen LogP contribution in [0, 0.1) is 11.8 Å². The van der Waals surface area contributed by atoms with Crippen molar-refractivity contribution in [2.24, 2.45) is 11.8 Å². The fourth-order valence-corrected chi connectivity index (χ4v) is 5.07. The second-order valence-corrected chi connectivity index (χ2v) is 9.57. The zero-order valence-corrected chi connectivity index (χ0v) is 19.7. The Morgan fingerprint density at radius 2 is 1.18 bits per heavy atom. The highest BCUT2D eigenvalue weighted by molar-refractivity contribution is 5.92. The number of hydrogen-bond donors (Lipinski definition) is 0. The number of likely N-dealkylation sites (N-methyl/N-ethyl adjacent to an activating group) is 1. The van der Waals surface area contributed by atoms with Crippen LogP contribution in [0.5, 0.6) is 0 Å². The molecule has 7 heteroatoms. The Hall–Kier alpha value is -2.67. The van der Waals surface area contributed by atoms with Gasteiger partial charge in [0, 0.05) is 70.3 Å². The highest BCUT2D eigenvalue weighted by atomic mass is 16.2. The van der Waals surface area contributed by atoms with Crippen molar-refractivity contribution in [3.05, 3.63) is 42.0 Å². The minimum Gasteiger partial charge on any atom is -0.342 e. The maximum atomic E-state index is 13.1. The second-order valence-electron chi connectivity index (χ2n) is 9.57. The quantitative estimate of drug-likeness (QED) is 0.655. The maximum absolute atomic E-state index is 13.1. The van der Waals surface area contributed by atoms with Gasteiger partial charge in [0.1, 0.15) is 0 Å². The van der Waals surface area contributed by atoms with Gasteiger partial charge in [0.25, 0.3) is 0 Å². The molecule has 3 aliphatic rings. The summed E-state index contributed by atoms with van der Waals surface area (Å²) in [6, 6.07) is 9.79. The minimum atomic E-state index is -0.0166. The van der Waals surface area contributed by atoms with E-state index in [2.05, 4.69) is 11.9 Å². The molecular formula is C26H36N4O3. The Kier molecular flexibility index (Phi) is 7.81. The summed E-state index contributed by atoms with van der Waals surface area (Å²) in [5, 5.41) is 0. The first-order chi connectivity index (χ1) is 16.0. The fraction of sp³-hybridized carbons (Fsp3) is 0.577. The molecule has 33 heavy (non-hydrogen) atoms. The van der Waals surface area contributed by atoms with Crippen LogP contribution in [0.1, 0.15) is 31.2 Å². The van der Waals surface area contributed by atoms with Crippen molar-refractivity contribution in [2.45, 2.75) is 25.7 Å². The number of benzene rings is 1. The molecule has 3 aliphatic heterocycles. The smallest absolute Gasteiger partial charge is 0.246 e. The summed E-state index contributed by atoms with van der Waals surface area (Å²) in [7, 11) is 2.09. The largest absolute Gasteiger partial charge is 0.342 e. The van der Waals surface area contributed by atoms with Crippen LogP contribution in [0.3, 0.4) is 0 Å². The van der Waals surface area contributed by atoms with Crippen molar-refractivity contribution in [1.29, 1.82) is 0 Å². The molecule has 178 valence electrons. The van der Waals surface area contributed by atoms with E-state index < -0.39 is 0 Å². The van der Waals surface area contributed by atoms with Crippen LogP contribution in [0.15, 0.2) is 36.4 Å². The molecule has 3 fully saturated rings. The van der Waals surface area contributed by atoms with Gasteiger partial charge in [0.15, 0.2) is 0 Å². The van der Waals surface area contributed by atoms with Crippen LogP contribution in [-0.2, 0) is 14.4 Å². The molecule has 0 bridgehead atoms. The SMILES string of the molecule is CN1CCN(C(=O)C2CCN(C(=O)C3CCN(C(=O)C=Cc4ccccc4)CC3)CC2)CC1. The third-order valence-corrected chi connectivity index (χ3v) is 7.34. The lowest BCUT2D eigenvalue weighted by atomic mass is 9.91. The molecule has 3 amide bonds. The molecule has 0 aromatic heterocycles.